The van der Waals surface area contributed by atoms with Gasteiger partial charge in [-0.15, -0.1) is 0 Å². The number of carbonyl (C=O) groups excluding carboxylic acids is 1. The van der Waals surface area contributed by atoms with Crippen LogP contribution in [0.4, 0.5) is 0 Å². The number of aryl methyl sites for hydroxylation is 2. The average molecular weight is 250 g/mol. The Kier molecular flexibility index (Phi) is 2.71. The summed E-state index contributed by atoms with van der Waals surface area (Å²) in [5, 5.41) is 0.999. The summed E-state index contributed by atoms with van der Waals surface area (Å²) in [4.78, 5) is 10.9. The first-order valence-corrected chi connectivity index (χ1v) is 6.24. The molecular weight excluding hydrogens is 236 g/mol. The van der Waals surface area contributed by atoms with Crippen LogP contribution in [-0.2, 0) is 0 Å². The summed E-state index contributed by atoms with van der Waals surface area (Å²) in [7, 11) is 0. The van der Waals surface area contributed by atoms with Gasteiger partial charge in [-0.3, -0.25) is 4.79 Å². The predicted octanol–water partition coefficient (Wildman–Crippen LogP) is 4.53. The molecule has 2 heteroatoms. The van der Waals surface area contributed by atoms with Crippen molar-refractivity contribution in [1.29, 1.82) is 0 Å². The van der Waals surface area contributed by atoms with Gasteiger partial charge in [-0.2, -0.15) is 0 Å². The Morgan fingerprint density at radius 3 is 2.53 bits per heavy atom. The van der Waals surface area contributed by atoms with Crippen molar-refractivity contribution in [1.82, 2.24) is 0 Å². The van der Waals surface area contributed by atoms with Crippen LogP contribution in [-0.4, -0.2) is 6.29 Å². The van der Waals surface area contributed by atoms with Crippen molar-refractivity contribution in [2.24, 2.45) is 0 Å². The van der Waals surface area contributed by atoms with Gasteiger partial charge in [-0.25, -0.2) is 0 Å². The Bertz CT molecular complexity index is 766. The zero-order valence-electron chi connectivity index (χ0n) is 10.9. The van der Waals surface area contributed by atoms with Gasteiger partial charge in [0.2, 0.25) is 0 Å². The highest BCUT2D eigenvalue weighted by Gasteiger charge is 2.10. The third-order valence-electron chi connectivity index (χ3n) is 3.43. The Hall–Kier alpha value is -2.35. The largest absolute Gasteiger partial charge is 0.453 e. The van der Waals surface area contributed by atoms with Crippen molar-refractivity contribution in [2.75, 3.05) is 0 Å². The number of furan rings is 1. The Labute approximate surface area is 111 Å². The molecule has 0 aliphatic heterocycles. The molecule has 2 aromatic carbocycles. The minimum absolute atomic E-state index is 0.413. The maximum Gasteiger partial charge on any atom is 0.185 e. The molecule has 3 rings (SSSR count). The normalized spacial score (nSPS) is 10.8. The summed E-state index contributed by atoms with van der Waals surface area (Å²) in [6, 6.07) is 14.4. The molecule has 2 nitrogen and oxygen atoms in total. The maximum atomic E-state index is 10.9. The van der Waals surface area contributed by atoms with Gasteiger partial charge in [0.25, 0.3) is 0 Å². The average Bonchev–Trinajstić information content (AvgIpc) is 2.75. The minimum Gasteiger partial charge on any atom is -0.453 e. The smallest absolute Gasteiger partial charge is 0.185 e. The molecule has 0 N–H and O–H groups in total. The highest BCUT2D eigenvalue weighted by atomic mass is 16.3. The second-order valence-electron chi connectivity index (χ2n) is 4.79. The SMILES string of the molecule is Cc1cccc(-c2ccc3c(C)c(C=O)oc3c2)c1. The van der Waals surface area contributed by atoms with Crippen LogP contribution in [0.3, 0.4) is 0 Å². The molecule has 94 valence electrons. The molecule has 0 saturated heterocycles. The van der Waals surface area contributed by atoms with E-state index in [9.17, 15) is 4.79 Å². The van der Waals surface area contributed by atoms with Gasteiger partial charge in [0.1, 0.15) is 5.58 Å². The molecule has 0 aliphatic carbocycles. The molecule has 1 aromatic heterocycles. The van der Waals surface area contributed by atoms with E-state index in [-0.39, 0.29) is 0 Å². The predicted molar refractivity (Wildman–Crippen MR) is 76.5 cm³/mol. The second-order valence-corrected chi connectivity index (χ2v) is 4.79. The summed E-state index contributed by atoms with van der Waals surface area (Å²) in [5.74, 6) is 0.413. The molecule has 1 heterocycles. The van der Waals surface area contributed by atoms with Gasteiger partial charge >= 0.3 is 0 Å². The van der Waals surface area contributed by atoms with Crippen LogP contribution in [0.5, 0.6) is 0 Å². The third-order valence-corrected chi connectivity index (χ3v) is 3.43. The lowest BCUT2D eigenvalue weighted by Gasteiger charge is -2.02. The Morgan fingerprint density at radius 1 is 1.00 bits per heavy atom. The Morgan fingerprint density at radius 2 is 1.79 bits per heavy atom. The van der Waals surface area contributed by atoms with Crippen molar-refractivity contribution >= 4 is 17.3 Å². The van der Waals surface area contributed by atoms with Crippen LogP contribution in [0.1, 0.15) is 21.7 Å². The molecule has 0 fully saturated rings. The number of benzene rings is 2. The molecular formula is C17H14O2. The van der Waals surface area contributed by atoms with Gasteiger partial charge in [-0.1, -0.05) is 42.0 Å². The van der Waals surface area contributed by atoms with Crippen LogP contribution in [0.25, 0.3) is 22.1 Å². The highest BCUT2D eigenvalue weighted by molar-refractivity contribution is 5.91. The maximum absolute atomic E-state index is 10.9. The standard InChI is InChI=1S/C17H14O2/c1-11-4-3-5-13(8-11)14-6-7-15-12(2)17(10-18)19-16(15)9-14/h3-10H,1-2H3. The fourth-order valence-corrected chi connectivity index (χ4v) is 2.36. The van der Waals surface area contributed by atoms with Gasteiger partial charge in [-0.05, 0) is 31.0 Å². The number of fused-ring (bicyclic) bond motifs is 1. The summed E-state index contributed by atoms with van der Waals surface area (Å²) in [5.41, 5.74) is 5.15. The summed E-state index contributed by atoms with van der Waals surface area (Å²) in [6.45, 7) is 3.98. The van der Waals surface area contributed by atoms with E-state index in [2.05, 4.69) is 31.2 Å². The van der Waals surface area contributed by atoms with E-state index in [1.54, 1.807) is 0 Å². The van der Waals surface area contributed by atoms with E-state index in [0.29, 0.717) is 5.76 Å². The van der Waals surface area contributed by atoms with E-state index < -0.39 is 0 Å². The number of hydrogen-bond acceptors (Lipinski definition) is 2. The fourth-order valence-electron chi connectivity index (χ4n) is 2.36. The molecule has 0 radical (unpaired) electrons. The van der Waals surface area contributed by atoms with Crippen LogP contribution in [0, 0.1) is 13.8 Å². The molecule has 0 aliphatic rings. The van der Waals surface area contributed by atoms with E-state index in [1.165, 1.54) is 5.56 Å². The molecule has 0 unspecified atom stereocenters. The number of carbonyl (C=O) groups is 1. The second kappa shape index (κ2) is 4.39. The van der Waals surface area contributed by atoms with Gasteiger partial charge in [0, 0.05) is 10.9 Å². The molecule has 0 bridgehead atoms. The van der Waals surface area contributed by atoms with Crippen molar-refractivity contribution in [3.8, 4) is 11.1 Å². The topological polar surface area (TPSA) is 30.2 Å². The summed E-state index contributed by atoms with van der Waals surface area (Å²) < 4.78 is 5.57. The first-order chi connectivity index (χ1) is 9.19. The molecule has 19 heavy (non-hydrogen) atoms. The van der Waals surface area contributed by atoms with Crippen molar-refractivity contribution in [3.05, 3.63) is 59.4 Å². The van der Waals surface area contributed by atoms with Crippen molar-refractivity contribution < 1.29 is 9.21 Å². The van der Waals surface area contributed by atoms with Gasteiger partial charge in [0.05, 0.1) is 0 Å². The van der Waals surface area contributed by atoms with E-state index in [1.807, 2.05) is 25.1 Å². The lowest BCUT2D eigenvalue weighted by Crippen LogP contribution is -1.79. The number of rotatable bonds is 2. The highest BCUT2D eigenvalue weighted by Crippen LogP contribution is 2.29. The summed E-state index contributed by atoms with van der Waals surface area (Å²) in [6.07, 6.45) is 0.766. The van der Waals surface area contributed by atoms with Gasteiger partial charge in [0.15, 0.2) is 12.0 Å². The van der Waals surface area contributed by atoms with Gasteiger partial charge < -0.3 is 4.42 Å². The lowest BCUT2D eigenvalue weighted by atomic mass is 10.0. The summed E-state index contributed by atoms with van der Waals surface area (Å²) >= 11 is 0. The zero-order chi connectivity index (χ0) is 13.4. The molecule has 0 amide bonds. The molecule has 0 spiro atoms. The molecule has 0 atom stereocenters. The van der Waals surface area contributed by atoms with Crippen LogP contribution < -0.4 is 0 Å². The molecule has 0 saturated carbocycles. The number of aldehydes is 1. The van der Waals surface area contributed by atoms with E-state index in [4.69, 9.17) is 4.42 Å². The Balaban J connectivity index is 2.19. The number of hydrogen-bond donors (Lipinski definition) is 0. The minimum atomic E-state index is 0.413. The van der Waals surface area contributed by atoms with E-state index in [0.717, 1.165) is 33.9 Å². The zero-order valence-corrected chi connectivity index (χ0v) is 10.9. The fraction of sp³-hybridized carbons (Fsp3) is 0.118. The van der Waals surface area contributed by atoms with Crippen LogP contribution in [0.2, 0.25) is 0 Å². The lowest BCUT2D eigenvalue weighted by molar-refractivity contribution is 0.110. The monoisotopic (exact) mass is 250 g/mol. The first-order valence-electron chi connectivity index (χ1n) is 6.24. The van der Waals surface area contributed by atoms with Crippen molar-refractivity contribution in [2.45, 2.75) is 13.8 Å². The first kappa shape index (κ1) is 11.7. The third kappa shape index (κ3) is 1.95. The van der Waals surface area contributed by atoms with E-state index >= 15 is 0 Å². The van der Waals surface area contributed by atoms with Crippen LogP contribution >= 0.6 is 0 Å². The van der Waals surface area contributed by atoms with Crippen molar-refractivity contribution in [3.63, 3.8) is 0 Å². The molecule has 3 aromatic rings. The quantitative estimate of drug-likeness (QED) is 0.625. The van der Waals surface area contributed by atoms with Crippen LogP contribution in [0.15, 0.2) is 46.9 Å².